The maximum absolute atomic E-state index is 12.4. The Kier molecular flexibility index (Phi) is 2.91. The third-order valence-electron chi connectivity index (χ3n) is 3.19. The summed E-state index contributed by atoms with van der Waals surface area (Å²) in [5, 5.41) is 12.0. The first kappa shape index (κ1) is 12.9. The van der Waals surface area contributed by atoms with Crippen LogP contribution in [-0.2, 0) is 0 Å². The number of nitrogens with one attached hydrogen (secondary N) is 1. The van der Waals surface area contributed by atoms with Crippen molar-refractivity contribution in [3.8, 4) is 5.69 Å². The summed E-state index contributed by atoms with van der Waals surface area (Å²) >= 11 is 0. The van der Waals surface area contributed by atoms with Crippen LogP contribution in [0.25, 0.3) is 16.5 Å². The number of aromatic nitrogens is 2. The van der Waals surface area contributed by atoms with Crippen LogP contribution in [0, 0.1) is 0 Å². The third kappa shape index (κ3) is 2.12. The van der Waals surface area contributed by atoms with Gasteiger partial charge in [-0.3, -0.25) is 14.7 Å². The minimum absolute atomic E-state index is 0.106. The fourth-order valence-corrected chi connectivity index (χ4v) is 2.14. The van der Waals surface area contributed by atoms with Crippen molar-refractivity contribution < 1.29 is 9.90 Å². The third-order valence-corrected chi connectivity index (χ3v) is 3.19. The fraction of sp³-hybridized carbons (Fsp3) is 0. The van der Waals surface area contributed by atoms with E-state index < -0.39 is 5.97 Å². The van der Waals surface area contributed by atoms with Crippen molar-refractivity contribution in [2.45, 2.75) is 0 Å². The van der Waals surface area contributed by atoms with Crippen molar-refractivity contribution in [3.05, 3.63) is 74.8 Å². The first-order valence-corrected chi connectivity index (χ1v) is 6.16. The number of fused-ring (bicyclic) bond motifs is 1. The Balaban J connectivity index is 2.26. The summed E-state index contributed by atoms with van der Waals surface area (Å²) in [6.45, 7) is 0. The highest BCUT2D eigenvalue weighted by Crippen LogP contribution is 2.08. The van der Waals surface area contributed by atoms with Crippen LogP contribution in [-0.4, -0.2) is 20.9 Å². The normalized spacial score (nSPS) is 10.7. The summed E-state index contributed by atoms with van der Waals surface area (Å²) in [7, 11) is 0. The van der Waals surface area contributed by atoms with Crippen LogP contribution < -0.4 is 11.1 Å². The quantitative estimate of drug-likeness (QED) is 0.742. The molecule has 6 heteroatoms. The standard InChI is InChI=1S/C15H10N2O4/c18-13-11-3-1-2-4-12(11)14(19)17(16-13)10-7-5-9(6-8-10)15(20)21/h1-8H,(H,16,18)(H,20,21). The smallest absolute Gasteiger partial charge is 0.335 e. The van der Waals surface area contributed by atoms with Crippen LogP contribution in [0.3, 0.4) is 0 Å². The average Bonchev–Trinajstić information content (AvgIpc) is 2.51. The molecule has 0 aliphatic heterocycles. The van der Waals surface area contributed by atoms with E-state index in [1.807, 2.05) is 0 Å². The van der Waals surface area contributed by atoms with Crippen LogP contribution in [0.5, 0.6) is 0 Å². The lowest BCUT2D eigenvalue weighted by Gasteiger charge is -2.07. The van der Waals surface area contributed by atoms with Crippen molar-refractivity contribution in [1.29, 1.82) is 0 Å². The first-order chi connectivity index (χ1) is 10.1. The summed E-state index contributed by atoms with van der Waals surface area (Å²) in [6, 6.07) is 12.2. The van der Waals surface area contributed by atoms with Gasteiger partial charge in [-0.2, -0.15) is 0 Å². The Morgan fingerprint density at radius 1 is 0.952 bits per heavy atom. The summed E-state index contributed by atoms with van der Waals surface area (Å²) in [4.78, 5) is 35.2. The number of hydrogen-bond acceptors (Lipinski definition) is 3. The van der Waals surface area contributed by atoms with E-state index in [4.69, 9.17) is 5.11 Å². The van der Waals surface area contributed by atoms with Crippen LogP contribution in [0.2, 0.25) is 0 Å². The topological polar surface area (TPSA) is 92.2 Å². The number of carbonyl (C=O) groups is 1. The van der Waals surface area contributed by atoms with Gasteiger partial charge >= 0.3 is 5.97 Å². The summed E-state index contributed by atoms with van der Waals surface area (Å²) < 4.78 is 1.11. The van der Waals surface area contributed by atoms with Crippen LogP contribution in [0.1, 0.15) is 10.4 Å². The molecule has 0 amide bonds. The van der Waals surface area contributed by atoms with Crippen LogP contribution in [0.15, 0.2) is 58.1 Å². The molecule has 0 aliphatic rings. The van der Waals surface area contributed by atoms with Gasteiger partial charge in [0.2, 0.25) is 0 Å². The summed E-state index contributed by atoms with van der Waals surface area (Å²) in [6.07, 6.45) is 0. The van der Waals surface area contributed by atoms with Gasteiger partial charge in [0.05, 0.1) is 22.0 Å². The number of carboxylic acids is 1. The number of nitrogens with zero attached hydrogens (tertiary/aromatic N) is 1. The summed E-state index contributed by atoms with van der Waals surface area (Å²) in [5.74, 6) is -1.05. The maximum atomic E-state index is 12.4. The Hall–Kier alpha value is -3.15. The van der Waals surface area contributed by atoms with Crippen molar-refractivity contribution in [2.75, 3.05) is 0 Å². The van der Waals surface area contributed by atoms with Gasteiger partial charge in [-0.15, -0.1) is 0 Å². The molecular formula is C15H10N2O4. The minimum atomic E-state index is -1.05. The molecule has 6 nitrogen and oxygen atoms in total. The monoisotopic (exact) mass is 282 g/mol. The second kappa shape index (κ2) is 4.75. The maximum Gasteiger partial charge on any atom is 0.335 e. The number of aromatic carboxylic acids is 1. The molecule has 0 radical (unpaired) electrons. The van der Waals surface area contributed by atoms with E-state index in [0.29, 0.717) is 16.5 Å². The van der Waals surface area contributed by atoms with Gasteiger partial charge in [0.15, 0.2) is 0 Å². The van der Waals surface area contributed by atoms with Gasteiger partial charge in [-0.1, -0.05) is 12.1 Å². The highest BCUT2D eigenvalue weighted by Gasteiger charge is 2.09. The lowest BCUT2D eigenvalue weighted by Crippen LogP contribution is -2.28. The van der Waals surface area contributed by atoms with Gasteiger partial charge in [0.25, 0.3) is 11.1 Å². The number of rotatable bonds is 2. The first-order valence-electron chi connectivity index (χ1n) is 6.16. The molecule has 1 heterocycles. The van der Waals surface area contributed by atoms with Gasteiger partial charge in [0.1, 0.15) is 0 Å². The Morgan fingerprint density at radius 2 is 1.57 bits per heavy atom. The molecule has 0 atom stereocenters. The molecule has 3 rings (SSSR count). The molecule has 2 aromatic carbocycles. The second-order valence-corrected chi connectivity index (χ2v) is 4.48. The fourth-order valence-electron chi connectivity index (χ4n) is 2.14. The molecule has 0 fully saturated rings. The van der Waals surface area contributed by atoms with Gasteiger partial charge in [-0.25, -0.2) is 9.48 Å². The molecule has 0 saturated heterocycles. The zero-order valence-electron chi connectivity index (χ0n) is 10.7. The Labute approximate surface area is 117 Å². The highest BCUT2D eigenvalue weighted by atomic mass is 16.4. The molecule has 3 aromatic rings. The predicted octanol–water partition coefficient (Wildman–Crippen LogP) is 1.38. The molecule has 0 aliphatic carbocycles. The van der Waals surface area contributed by atoms with E-state index in [0.717, 1.165) is 4.68 Å². The van der Waals surface area contributed by atoms with Crippen molar-refractivity contribution in [2.24, 2.45) is 0 Å². The van der Waals surface area contributed by atoms with Gasteiger partial charge in [-0.05, 0) is 36.4 Å². The molecule has 0 spiro atoms. The molecule has 1 aromatic heterocycles. The van der Waals surface area contributed by atoms with Gasteiger partial charge in [0, 0.05) is 0 Å². The number of carboxylic acid groups (broad SMARTS) is 1. The molecule has 0 bridgehead atoms. The zero-order chi connectivity index (χ0) is 15.0. The number of benzene rings is 2. The lowest BCUT2D eigenvalue weighted by atomic mass is 10.2. The van der Waals surface area contributed by atoms with Crippen molar-refractivity contribution >= 4 is 16.7 Å². The highest BCUT2D eigenvalue weighted by molar-refractivity contribution is 5.87. The molecule has 0 unspecified atom stereocenters. The lowest BCUT2D eigenvalue weighted by molar-refractivity contribution is 0.0697. The Morgan fingerprint density at radius 3 is 2.19 bits per heavy atom. The average molecular weight is 282 g/mol. The SMILES string of the molecule is O=C(O)c1ccc(-n2[nH]c(=O)c3ccccc3c2=O)cc1. The minimum Gasteiger partial charge on any atom is -0.478 e. The van der Waals surface area contributed by atoms with Crippen molar-refractivity contribution in [1.82, 2.24) is 9.78 Å². The zero-order valence-corrected chi connectivity index (χ0v) is 10.7. The number of aromatic amines is 1. The predicted molar refractivity (Wildman–Crippen MR) is 77.1 cm³/mol. The van der Waals surface area contributed by atoms with Gasteiger partial charge < -0.3 is 5.11 Å². The molecule has 21 heavy (non-hydrogen) atoms. The Bertz CT molecular complexity index is 952. The number of H-pyrrole nitrogens is 1. The van der Waals surface area contributed by atoms with Crippen molar-refractivity contribution in [3.63, 3.8) is 0 Å². The van der Waals surface area contributed by atoms with E-state index in [2.05, 4.69) is 5.10 Å². The van der Waals surface area contributed by atoms with E-state index in [1.54, 1.807) is 24.3 Å². The van der Waals surface area contributed by atoms with E-state index in [9.17, 15) is 14.4 Å². The van der Waals surface area contributed by atoms with Crippen LogP contribution >= 0.6 is 0 Å². The molecular weight excluding hydrogens is 272 g/mol. The van der Waals surface area contributed by atoms with E-state index in [1.165, 1.54) is 24.3 Å². The molecule has 0 saturated carbocycles. The number of hydrogen-bond donors (Lipinski definition) is 2. The largest absolute Gasteiger partial charge is 0.478 e. The molecule has 104 valence electrons. The summed E-state index contributed by atoms with van der Waals surface area (Å²) in [5.41, 5.74) is -0.247. The van der Waals surface area contributed by atoms with E-state index in [-0.39, 0.29) is 16.7 Å². The second-order valence-electron chi connectivity index (χ2n) is 4.48. The van der Waals surface area contributed by atoms with Crippen LogP contribution in [0.4, 0.5) is 0 Å². The molecule has 2 N–H and O–H groups in total. The van der Waals surface area contributed by atoms with E-state index >= 15 is 0 Å².